The highest BCUT2D eigenvalue weighted by molar-refractivity contribution is 7.19. The van der Waals surface area contributed by atoms with Crippen LogP contribution in [0.4, 0.5) is 11.5 Å². The lowest BCUT2D eigenvalue weighted by Gasteiger charge is -2.37. The number of aryl methyl sites for hydroxylation is 3. The van der Waals surface area contributed by atoms with Gasteiger partial charge in [-0.25, -0.2) is 4.98 Å². The van der Waals surface area contributed by atoms with Crippen molar-refractivity contribution in [1.29, 1.82) is 0 Å². The molecule has 0 unspecified atom stereocenters. The monoisotopic (exact) mass is 476 g/mol. The predicted molar refractivity (Wildman–Crippen MR) is 142 cm³/mol. The Balaban J connectivity index is 1.53. The van der Waals surface area contributed by atoms with Gasteiger partial charge in [-0.1, -0.05) is 50.2 Å². The lowest BCUT2D eigenvalue weighted by Crippen LogP contribution is -2.47. The van der Waals surface area contributed by atoms with Gasteiger partial charge in [0.1, 0.15) is 10.6 Å². The van der Waals surface area contributed by atoms with E-state index in [0.29, 0.717) is 5.28 Å². The van der Waals surface area contributed by atoms with E-state index in [4.69, 9.17) is 16.6 Å². The maximum absolute atomic E-state index is 6.42. The van der Waals surface area contributed by atoms with Gasteiger partial charge in [-0.2, -0.15) is 4.98 Å². The van der Waals surface area contributed by atoms with Crippen LogP contribution in [0.25, 0.3) is 21.3 Å². The zero-order valence-electron chi connectivity index (χ0n) is 19.4. The van der Waals surface area contributed by atoms with Crippen LogP contribution in [0.2, 0.25) is 5.28 Å². The lowest BCUT2D eigenvalue weighted by atomic mass is 10.00. The Hall–Kier alpha value is -2.63. The number of rotatable bonds is 5. The summed E-state index contributed by atoms with van der Waals surface area (Å²) in [5.74, 6) is 0.972. The highest BCUT2D eigenvalue weighted by atomic mass is 35.5. The molecule has 4 nitrogen and oxygen atoms in total. The van der Waals surface area contributed by atoms with Crippen LogP contribution < -0.4 is 9.80 Å². The summed E-state index contributed by atoms with van der Waals surface area (Å²) in [6.45, 7) is 10.3. The van der Waals surface area contributed by atoms with Crippen molar-refractivity contribution in [1.82, 2.24) is 9.97 Å². The van der Waals surface area contributed by atoms with E-state index < -0.39 is 0 Å². The van der Waals surface area contributed by atoms with E-state index in [1.807, 2.05) is 0 Å². The van der Waals surface area contributed by atoms with Crippen LogP contribution in [0.3, 0.4) is 0 Å². The minimum atomic E-state index is 0.329. The Kier molecular flexibility index (Phi) is 6.26. The topological polar surface area (TPSA) is 32.3 Å². The Morgan fingerprint density at radius 3 is 2.30 bits per heavy atom. The van der Waals surface area contributed by atoms with E-state index in [0.717, 1.165) is 55.1 Å². The SMILES string of the molecule is CCc1ccc(-c2c(CC)sc3nc(Cl)nc(N4CCN(c5cccc(C)c5)CC4)c23)cc1. The minimum absolute atomic E-state index is 0.329. The predicted octanol–water partition coefficient (Wildman–Crippen LogP) is 6.77. The molecule has 3 heterocycles. The number of nitrogens with zero attached hydrogens (tertiary/aromatic N) is 4. The third-order valence-electron chi connectivity index (χ3n) is 6.50. The van der Waals surface area contributed by atoms with Crippen molar-refractivity contribution < 1.29 is 0 Å². The van der Waals surface area contributed by atoms with Crippen LogP contribution in [-0.4, -0.2) is 36.1 Å². The van der Waals surface area contributed by atoms with Crippen LogP contribution >= 0.6 is 22.9 Å². The second-order valence-corrected chi connectivity index (χ2v) is 10.0. The zero-order valence-corrected chi connectivity index (χ0v) is 21.0. The van der Waals surface area contributed by atoms with Crippen LogP contribution in [0.5, 0.6) is 0 Å². The summed E-state index contributed by atoms with van der Waals surface area (Å²) in [5, 5.41) is 1.48. The highest BCUT2D eigenvalue weighted by Crippen LogP contribution is 2.43. The third-order valence-corrected chi connectivity index (χ3v) is 7.89. The number of hydrogen-bond donors (Lipinski definition) is 0. The number of fused-ring (bicyclic) bond motifs is 1. The molecule has 0 atom stereocenters. The second kappa shape index (κ2) is 9.32. The lowest BCUT2D eigenvalue weighted by molar-refractivity contribution is 0.649. The van der Waals surface area contributed by atoms with Gasteiger partial charge in [-0.15, -0.1) is 11.3 Å². The Morgan fingerprint density at radius 2 is 1.64 bits per heavy atom. The molecule has 1 aliphatic rings. The molecule has 2 aromatic heterocycles. The number of hydrogen-bond acceptors (Lipinski definition) is 5. The van der Waals surface area contributed by atoms with Gasteiger partial charge in [0.15, 0.2) is 0 Å². The molecule has 0 spiro atoms. The Bertz CT molecular complexity index is 1270. The molecule has 1 aliphatic heterocycles. The summed E-state index contributed by atoms with van der Waals surface area (Å²) >= 11 is 8.17. The average molecular weight is 477 g/mol. The van der Waals surface area contributed by atoms with E-state index in [1.165, 1.54) is 32.8 Å². The standard InChI is InChI=1S/C27H29ClN4S/c1-4-19-9-11-20(12-10-19)23-22(5-2)33-26-24(23)25(29-27(28)30-26)32-15-13-31(14-16-32)21-8-6-7-18(3)17-21/h6-12,17H,4-5,13-16H2,1-3H3. The Morgan fingerprint density at radius 1 is 0.909 bits per heavy atom. The number of anilines is 2. The van der Waals surface area contributed by atoms with Crippen molar-refractivity contribution in [2.75, 3.05) is 36.0 Å². The number of piperazine rings is 1. The molecule has 0 N–H and O–H groups in total. The molecule has 0 amide bonds. The molecular formula is C27H29ClN4S. The average Bonchev–Trinajstić information content (AvgIpc) is 3.22. The van der Waals surface area contributed by atoms with Crippen molar-refractivity contribution in [2.45, 2.75) is 33.6 Å². The first-order chi connectivity index (χ1) is 16.1. The number of benzene rings is 2. The van der Waals surface area contributed by atoms with Crippen LogP contribution in [-0.2, 0) is 12.8 Å². The van der Waals surface area contributed by atoms with Gasteiger partial charge in [0.2, 0.25) is 5.28 Å². The maximum Gasteiger partial charge on any atom is 0.225 e. The van der Waals surface area contributed by atoms with Gasteiger partial charge in [0.05, 0.1) is 5.39 Å². The molecule has 0 aliphatic carbocycles. The number of thiophene rings is 1. The second-order valence-electron chi connectivity index (χ2n) is 8.61. The first-order valence-corrected chi connectivity index (χ1v) is 12.9. The van der Waals surface area contributed by atoms with E-state index in [9.17, 15) is 0 Å². The van der Waals surface area contributed by atoms with Gasteiger partial charge in [-0.3, -0.25) is 0 Å². The molecule has 0 radical (unpaired) electrons. The largest absolute Gasteiger partial charge is 0.368 e. The molecule has 0 saturated carbocycles. The Labute approximate surface area is 204 Å². The van der Waals surface area contributed by atoms with Crippen molar-refractivity contribution in [3.63, 3.8) is 0 Å². The van der Waals surface area contributed by atoms with Crippen molar-refractivity contribution in [3.05, 3.63) is 69.8 Å². The highest BCUT2D eigenvalue weighted by Gasteiger charge is 2.25. The fourth-order valence-electron chi connectivity index (χ4n) is 4.69. The zero-order chi connectivity index (χ0) is 22.9. The van der Waals surface area contributed by atoms with E-state index >= 15 is 0 Å². The van der Waals surface area contributed by atoms with E-state index in [-0.39, 0.29) is 0 Å². The summed E-state index contributed by atoms with van der Waals surface area (Å²) in [7, 11) is 0. The quantitative estimate of drug-likeness (QED) is 0.297. The van der Waals surface area contributed by atoms with E-state index in [1.54, 1.807) is 11.3 Å². The molecule has 0 bridgehead atoms. The minimum Gasteiger partial charge on any atom is -0.368 e. The summed E-state index contributed by atoms with van der Waals surface area (Å²) in [5.41, 5.74) is 6.45. The molecule has 6 heteroatoms. The van der Waals surface area contributed by atoms with Crippen LogP contribution in [0, 0.1) is 6.92 Å². The van der Waals surface area contributed by atoms with Crippen molar-refractivity contribution >= 4 is 44.7 Å². The molecular weight excluding hydrogens is 448 g/mol. The normalized spacial score (nSPS) is 14.3. The molecule has 1 fully saturated rings. The van der Waals surface area contributed by atoms with Gasteiger partial charge in [0.25, 0.3) is 0 Å². The summed E-state index contributed by atoms with van der Waals surface area (Å²) < 4.78 is 0. The van der Waals surface area contributed by atoms with Crippen molar-refractivity contribution in [2.24, 2.45) is 0 Å². The van der Waals surface area contributed by atoms with Gasteiger partial charge >= 0.3 is 0 Å². The van der Waals surface area contributed by atoms with Crippen LogP contribution in [0.1, 0.15) is 29.9 Å². The first-order valence-electron chi connectivity index (χ1n) is 11.7. The van der Waals surface area contributed by atoms with E-state index in [2.05, 4.69) is 84.1 Å². The van der Waals surface area contributed by atoms with Crippen LogP contribution in [0.15, 0.2) is 48.5 Å². The molecule has 33 heavy (non-hydrogen) atoms. The first kappa shape index (κ1) is 22.2. The molecule has 4 aromatic rings. The third kappa shape index (κ3) is 4.32. The number of aromatic nitrogens is 2. The fourth-order valence-corrected chi connectivity index (χ4v) is 6.04. The maximum atomic E-state index is 6.42. The summed E-state index contributed by atoms with van der Waals surface area (Å²) in [6.07, 6.45) is 2.00. The van der Waals surface area contributed by atoms with Gasteiger partial charge in [0, 0.05) is 42.3 Å². The van der Waals surface area contributed by atoms with Gasteiger partial charge in [-0.05, 0) is 60.2 Å². The summed E-state index contributed by atoms with van der Waals surface area (Å²) in [6, 6.07) is 17.7. The summed E-state index contributed by atoms with van der Waals surface area (Å²) in [4.78, 5) is 16.6. The molecule has 1 saturated heterocycles. The smallest absolute Gasteiger partial charge is 0.225 e. The molecule has 170 valence electrons. The molecule has 2 aromatic carbocycles. The van der Waals surface area contributed by atoms with Crippen molar-refractivity contribution in [3.8, 4) is 11.1 Å². The van der Waals surface area contributed by atoms with Gasteiger partial charge < -0.3 is 9.80 Å². The number of halogens is 1. The fraction of sp³-hybridized carbons (Fsp3) is 0.333. The molecule has 5 rings (SSSR count).